The summed E-state index contributed by atoms with van der Waals surface area (Å²) in [6.45, 7) is 8.15. The molecule has 1 saturated heterocycles. The van der Waals surface area contributed by atoms with Gasteiger partial charge in [0.1, 0.15) is 6.04 Å². The minimum Gasteiger partial charge on any atom is -0.462 e. The van der Waals surface area contributed by atoms with Crippen molar-refractivity contribution in [1.82, 2.24) is 10.2 Å². The number of nitrogens with zero attached hydrogens (tertiary/aromatic N) is 1. The van der Waals surface area contributed by atoms with E-state index in [9.17, 15) is 4.79 Å². The maximum atomic E-state index is 11.8. The van der Waals surface area contributed by atoms with Crippen LogP contribution in [0.15, 0.2) is 0 Å². The fourth-order valence-electron chi connectivity index (χ4n) is 2.36. The van der Waals surface area contributed by atoms with E-state index in [0.717, 1.165) is 25.9 Å². The molecule has 0 spiro atoms. The monoisotopic (exact) mass is 256 g/mol. The second kappa shape index (κ2) is 7.74. The van der Waals surface area contributed by atoms with Crippen LogP contribution in [0.5, 0.6) is 0 Å². The molecular formula is C14H28N2O2. The molecule has 0 saturated carbocycles. The zero-order valence-corrected chi connectivity index (χ0v) is 12.2. The molecule has 1 aliphatic rings. The van der Waals surface area contributed by atoms with Gasteiger partial charge >= 0.3 is 5.97 Å². The zero-order chi connectivity index (χ0) is 13.5. The standard InChI is InChI=1S/C14H28N2O2/c1-5-6-9-16(4)10-12-7-8-13(15-12)14(17)18-11(2)3/h11-13,15H,5-10H2,1-4H3. The van der Waals surface area contributed by atoms with Crippen molar-refractivity contribution >= 4 is 5.97 Å². The lowest BCUT2D eigenvalue weighted by Crippen LogP contribution is -2.42. The number of hydrogen-bond donors (Lipinski definition) is 1. The van der Waals surface area contributed by atoms with Gasteiger partial charge < -0.3 is 15.0 Å². The summed E-state index contributed by atoms with van der Waals surface area (Å²) in [4.78, 5) is 14.1. The van der Waals surface area contributed by atoms with E-state index in [1.54, 1.807) is 0 Å². The lowest BCUT2D eigenvalue weighted by atomic mass is 10.2. The summed E-state index contributed by atoms with van der Waals surface area (Å²) in [5, 5.41) is 3.39. The molecule has 0 amide bonds. The van der Waals surface area contributed by atoms with Crippen molar-refractivity contribution in [3.05, 3.63) is 0 Å². The Hall–Kier alpha value is -0.610. The summed E-state index contributed by atoms with van der Waals surface area (Å²) in [5.74, 6) is -0.0938. The first-order chi connectivity index (χ1) is 8.52. The van der Waals surface area contributed by atoms with Gasteiger partial charge in [-0.25, -0.2) is 0 Å². The third-order valence-electron chi connectivity index (χ3n) is 3.30. The number of esters is 1. The molecule has 0 aromatic rings. The summed E-state index contributed by atoms with van der Waals surface area (Å²) >= 11 is 0. The molecule has 0 radical (unpaired) electrons. The van der Waals surface area contributed by atoms with Crippen LogP contribution >= 0.6 is 0 Å². The van der Waals surface area contributed by atoms with Gasteiger partial charge in [0, 0.05) is 12.6 Å². The number of rotatable bonds is 7. The zero-order valence-electron chi connectivity index (χ0n) is 12.2. The number of unbranched alkanes of at least 4 members (excludes halogenated alkanes) is 1. The van der Waals surface area contributed by atoms with Crippen LogP contribution in [0.25, 0.3) is 0 Å². The molecule has 1 aliphatic heterocycles. The summed E-state index contributed by atoms with van der Waals surface area (Å²) in [5.41, 5.74) is 0. The average molecular weight is 256 g/mol. The van der Waals surface area contributed by atoms with E-state index >= 15 is 0 Å². The Morgan fingerprint density at radius 2 is 2.17 bits per heavy atom. The lowest BCUT2D eigenvalue weighted by Gasteiger charge is -2.21. The van der Waals surface area contributed by atoms with Gasteiger partial charge in [0.05, 0.1) is 6.10 Å². The highest BCUT2D eigenvalue weighted by Gasteiger charge is 2.30. The van der Waals surface area contributed by atoms with Crippen LogP contribution in [0.4, 0.5) is 0 Å². The molecule has 4 nitrogen and oxygen atoms in total. The van der Waals surface area contributed by atoms with Crippen LogP contribution in [0, 0.1) is 0 Å². The first-order valence-corrected chi connectivity index (χ1v) is 7.18. The highest BCUT2D eigenvalue weighted by Crippen LogP contribution is 2.15. The van der Waals surface area contributed by atoms with E-state index in [0.29, 0.717) is 6.04 Å². The van der Waals surface area contributed by atoms with E-state index in [4.69, 9.17) is 4.74 Å². The molecule has 0 aromatic carbocycles. The quantitative estimate of drug-likeness (QED) is 0.705. The Bertz CT molecular complexity index is 256. The molecule has 4 heteroatoms. The van der Waals surface area contributed by atoms with Crippen molar-refractivity contribution in [2.45, 2.75) is 64.6 Å². The molecule has 0 bridgehead atoms. The molecule has 0 aromatic heterocycles. The number of hydrogen-bond acceptors (Lipinski definition) is 4. The Balaban J connectivity index is 2.26. The van der Waals surface area contributed by atoms with Crippen LogP contribution in [0.1, 0.15) is 46.5 Å². The SMILES string of the molecule is CCCCN(C)CC1CCC(C(=O)OC(C)C)N1. The summed E-state index contributed by atoms with van der Waals surface area (Å²) in [6, 6.07) is 0.327. The van der Waals surface area contributed by atoms with Gasteiger partial charge in [0.2, 0.25) is 0 Å². The van der Waals surface area contributed by atoms with E-state index < -0.39 is 0 Å². The van der Waals surface area contributed by atoms with Crippen molar-refractivity contribution < 1.29 is 9.53 Å². The summed E-state index contributed by atoms with van der Waals surface area (Å²) < 4.78 is 5.24. The Morgan fingerprint density at radius 3 is 2.78 bits per heavy atom. The van der Waals surface area contributed by atoms with Crippen molar-refractivity contribution in [2.75, 3.05) is 20.1 Å². The van der Waals surface area contributed by atoms with Crippen molar-refractivity contribution in [3.63, 3.8) is 0 Å². The second-order valence-corrected chi connectivity index (χ2v) is 5.59. The molecule has 1 rings (SSSR count). The van der Waals surface area contributed by atoms with Crippen LogP contribution in [0.3, 0.4) is 0 Å². The fourth-order valence-corrected chi connectivity index (χ4v) is 2.36. The third-order valence-corrected chi connectivity index (χ3v) is 3.30. The van der Waals surface area contributed by atoms with E-state index in [1.165, 1.54) is 12.8 Å². The Labute approximate surface area is 111 Å². The smallest absolute Gasteiger partial charge is 0.323 e. The predicted molar refractivity (Wildman–Crippen MR) is 73.6 cm³/mol. The van der Waals surface area contributed by atoms with Gasteiger partial charge in [-0.3, -0.25) is 4.79 Å². The largest absolute Gasteiger partial charge is 0.462 e. The van der Waals surface area contributed by atoms with Gasteiger partial charge in [-0.15, -0.1) is 0 Å². The Morgan fingerprint density at radius 1 is 1.44 bits per heavy atom. The molecule has 1 fully saturated rings. The number of carbonyl (C=O) groups excluding carboxylic acids is 1. The maximum Gasteiger partial charge on any atom is 0.323 e. The molecule has 2 unspecified atom stereocenters. The van der Waals surface area contributed by atoms with Gasteiger partial charge in [0.15, 0.2) is 0 Å². The van der Waals surface area contributed by atoms with E-state index in [1.807, 2.05) is 13.8 Å². The lowest BCUT2D eigenvalue weighted by molar-refractivity contribution is -0.149. The average Bonchev–Trinajstić information content (AvgIpc) is 2.74. The maximum absolute atomic E-state index is 11.8. The number of nitrogens with one attached hydrogen (secondary N) is 1. The molecule has 0 aliphatic carbocycles. The summed E-state index contributed by atoms with van der Waals surface area (Å²) in [6.07, 6.45) is 4.41. The van der Waals surface area contributed by atoms with Crippen molar-refractivity contribution in [2.24, 2.45) is 0 Å². The van der Waals surface area contributed by atoms with Gasteiger partial charge in [-0.2, -0.15) is 0 Å². The van der Waals surface area contributed by atoms with Gasteiger partial charge in [-0.05, 0) is 46.7 Å². The van der Waals surface area contributed by atoms with Gasteiger partial charge in [0.25, 0.3) is 0 Å². The van der Waals surface area contributed by atoms with Gasteiger partial charge in [-0.1, -0.05) is 13.3 Å². The van der Waals surface area contributed by atoms with Crippen molar-refractivity contribution in [1.29, 1.82) is 0 Å². The second-order valence-electron chi connectivity index (χ2n) is 5.59. The fraction of sp³-hybridized carbons (Fsp3) is 0.929. The highest BCUT2D eigenvalue weighted by molar-refractivity contribution is 5.76. The Kier molecular flexibility index (Phi) is 6.65. The summed E-state index contributed by atoms with van der Waals surface area (Å²) in [7, 11) is 2.15. The number of ether oxygens (including phenoxy) is 1. The molecular weight excluding hydrogens is 228 g/mol. The molecule has 2 atom stereocenters. The molecule has 1 heterocycles. The first kappa shape index (κ1) is 15.4. The van der Waals surface area contributed by atoms with Crippen LogP contribution in [0.2, 0.25) is 0 Å². The minimum absolute atomic E-state index is 0.0226. The van der Waals surface area contributed by atoms with Crippen molar-refractivity contribution in [3.8, 4) is 0 Å². The third kappa shape index (κ3) is 5.36. The number of likely N-dealkylation sites (N-methyl/N-ethyl adjacent to an activating group) is 1. The molecule has 18 heavy (non-hydrogen) atoms. The minimum atomic E-state index is -0.100. The van der Waals surface area contributed by atoms with E-state index in [-0.39, 0.29) is 18.1 Å². The van der Waals surface area contributed by atoms with E-state index in [2.05, 4.69) is 24.2 Å². The number of carbonyl (C=O) groups is 1. The highest BCUT2D eigenvalue weighted by atomic mass is 16.5. The molecule has 1 N–H and O–H groups in total. The van der Waals surface area contributed by atoms with Crippen LogP contribution in [-0.2, 0) is 9.53 Å². The topological polar surface area (TPSA) is 41.6 Å². The van der Waals surface area contributed by atoms with Crippen LogP contribution in [-0.4, -0.2) is 49.2 Å². The first-order valence-electron chi connectivity index (χ1n) is 7.18. The molecule has 106 valence electrons. The normalized spacial score (nSPS) is 23.9. The van der Waals surface area contributed by atoms with Crippen LogP contribution < -0.4 is 5.32 Å². The predicted octanol–water partition coefficient (Wildman–Crippen LogP) is 1.79.